The van der Waals surface area contributed by atoms with E-state index in [0.717, 1.165) is 11.1 Å². The maximum absolute atomic E-state index is 13.7. The van der Waals surface area contributed by atoms with Crippen LogP contribution in [0, 0.1) is 5.92 Å². The Labute approximate surface area is 252 Å². The van der Waals surface area contributed by atoms with Gasteiger partial charge in [-0.15, -0.1) is 0 Å². The quantitative estimate of drug-likeness (QED) is 0.193. The van der Waals surface area contributed by atoms with Gasteiger partial charge in [-0.2, -0.15) is 0 Å². The van der Waals surface area contributed by atoms with E-state index >= 15 is 0 Å². The molecule has 7 nitrogen and oxygen atoms in total. The fourth-order valence-electron chi connectivity index (χ4n) is 5.36. The Morgan fingerprint density at radius 2 is 1.60 bits per heavy atom. The molecule has 0 aliphatic carbocycles. The number of anilines is 2. The van der Waals surface area contributed by atoms with Crippen molar-refractivity contribution in [1.82, 2.24) is 4.90 Å². The van der Waals surface area contributed by atoms with Crippen LogP contribution in [0.3, 0.4) is 0 Å². The molecule has 0 radical (unpaired) electrons. The molecule has 1 N–H and O–H groups in total. The number of para-hydroxylation sites is 3. The highest BCUT2D eigenvalue weighted by Gasteiger charge is 2.29. The van der Waals surface area contributed by atoms with Gasteiger partial charge in [0.25, 0.3) is 5.91 Å². The summed E-state index contributed by atoms with van der Waals surface area (Å²) >= 11 is 0. The molecule has 2 atom stereocenters. The summed E-state index contributed by atoms with van der Waals surface area (Å²) in [4.78, 5) is 30.0. The van der Waals surface area contributed by atoms with Crippen molar-refractivity contribution in [3.05, 3.63) is 132 Å². The highest BCUT2D eigenvalue weighted by atomic mass is 16.5. The molecule has 43 heavy (non-hydrogen) atoms. The molecule has 0 aromatic heterocycles. The summed E-state index contributed by atoms with van der Waals surface area (Å²) in [5.74, 6) is 0.893. The van der Waals surface area contributed by atoms with Gasteiger partial charge in [0.05, 0.1) is 24.0 Å². The smallest absolute Gasteiger partial charge is 0.266 e. The summed E-state index contributed by atoms with van der Waals surface area (Å²) in [5, 5.41) is 9.47. The molecule has 1 aliphatic heterocycles. The van der Waals surface area contributed by atoms with E-state index in [1.54, 1.807) is 29.0 Å². The minimum Gasteiger partial charge on any atom is -0.454 e. The SMILES string of the molecule is CO[C@@H](c1ccc(N2C(=O)c3ccccc3Oc3ccccc32)cc1)[C@@H](C)/C=C/CC(=O)N(CCO)Cc1ccccc1. The Morgan fingerprint density at radius 1 is 0.930 bits per heavy atom. The van der Waals surface area contributed by atoms with E-state index in [4.69, 9.17) is 9.47 Å². The van der Waals surface area contributed by atoms with Crippen LogP contribution in [0.15, 0.2) is 115 Å². The zero-order valence-corrected chi connectivity index (χ0v) is 24.4. The molecular weight excluding hydrogens is 540 g/mol. The van der Waals surface area contributed by atoms with E-state index in [0.29, 0.717) is 35.0 Å². The Kier molecular flexibility index (Phi) is 9.66. The third-order valence-corrected chi connectivity index (χ3v) is 7.53. The van der Waals surface area contributed by atoms with Crippen LogP contribution in [0.2, 0.25) is 0 Å². The third-order valence-electron chi connectivity index (χ3n) is 7.53. The van der Waals surface area contributed by atoms with Crippen LogP contribution in [0.25, 0.3) is 0 Å². The van der Waals surface area contributed by atoms with Crippen molar-refractivity contribution in [3.63, 3.8) is 0 Å². The fraction of sp³-hybridized carbons (Fsp3) is 0.222. The maximum Gasteiger partial charge on any atom is 0.266 e. The standard InChI is InChI=1S/C36H36N2O5/c1-26(11-10-18-34(40)37(23-24-39)25-27-12-4-3-5-13-27)35(42-2)28-19-21-29(22-20-28)38-31-15-7-9-17-33(31)43-32-16-8-6-14-30(32)36(38)41/h3-17,19-22,26,35,39H,18,23-25H2,1-2H3/b11-10+/t26-,35+/m0/s1. The van der Waals surface area contributed by atoms with Crippen molar-refractivity contribution in [2.24, 2.45) is 5.92 Å². The predicted molar refractivity (Wildman–Crippen MR) is 167 cm³/mol. The number of amides is 2. The summed E-state index contributed by atoms with van der Waals surface area (Å²) in [6, 6.07) is 32.3. The van der Waals surface area contributed by atoms with Crippen LogP contribution in [0.4, 0.5) is 11.4 Å². The lowest BCUT2D eigenvalue weighted by atomic mass is 9.96. The number of benzene rings is 4. The van der Waals surface area contributed by atoms with Gasteiger partial charge >= 0.3 is 0 Å². The van der Waals surface area contributed by atoms with Crippen LogP contribution in [0.1, 0.15) is 40.9 Å². The van der Waals surface area contributed by atoms with Crippen molar-refractivity contribution >= 4 is 23.2 Å². The van der Waals surface area contributed by atoms with Gasteiger partial charge < -0.3 is 19.5 Å². The lowest BCUT2D eigenvalue weighted by Gasteiger charge is -2.24. The van der Waals surface area contributed by atoms with Crippen molar-refractivity contribution in [1.29, 1.82) is 0 Å². The number of fused-ring (bicyclic) bond motifs is 2. The second kappa shape index (κ2) is 14.0. The molecule has 7 heteroatoms. The first kappa shape index (κ1) is 29.8. The molecule has 0 saturated carbocycles. The number of methoxy groups -OCH3 is 1. The molecule has 5 rings (SSSR count). The lowest BCUT2D eigenvalue weighted by Crippen LogP contribution is -2.32. The second-order valence-electron chi connectivity index (χ2n) is 10.5. The van der Waals surface area contributed by atoms with Gasteiger partial charge in [0, 0.05) is 38.2 Å². The van der Waals surface area contributed by atoms with Crippen LogP contribution < -0.4 is 9.64 Å². The van der Waals surface area contributed by atoms with Crippen molar-refractivity contribution < 1.29 is 24.2 Å². The number of carbonyl (C=O) groups excluding carboxylic acids is 2. The minimum atomic E-state index is -0.255. The van der Waals surface area contributed by atoms with Gasteiger partial charge in [0.2, 0.25) is 5.91 Å². The molecule has 4 aromatic rings. The van der Waals surface area contributed by atoms with Crippen LogP contribution in [0.5, 0.6) is 11.5 Å². The zero-order chi connectivity index (χ0) is 30.2. The topological polar surface area (TPSA) is 79.3 Å². The number of aliphatic hydroxyl groups excluding tert-OH is 1. The molecule has 0 saturated heterocycles. The maximum atomic E-state index is 13.7. The van der Waals surface area contributed by atoms with Gasteiger partial charge in [0.1, 0.15) is 5.75 Å². The predicted octanol–water partition coefficient (Wildman–Crippen LogP) is 7.06. The first-order valence-corrected chi connectivity index (χ1v) is 14.4. The minimum absolute atomic E-state index is 0.0233. The number of hydrogen-bond acceptors (Lipinski definition) is 5. The van der Waals surface area contributed by atoms with Gasteiger partial charge in [-0.05, 0) is 47.5 Å². The molecule has 0 fully saturated rings. The van der Waals surface area contributed by atoms with Crippen molar-refractivity contribution in [3.8, 4) is 11.5 Å². The van der Waals surface area contributed by atoms with Crippen molar-refractivity contribution in [2.75, 3.05) is 25.2 Å². The molecule has 4 aromatic carbocycles. The van der Waals surface area contributed by atoms with Crippen LogP contribution in [-0.2, 0) is 16.1 Å². The molecule has 0 unspecified atom stereocenters. The van der Waals surface area contributed by atoms with Gasteiger partial charge in [-0.1, -0.05) is 85.8 Å². The monoisotopic (exact) mass is 576 g/mol. The Hall–Kier alpha value is -4.72. The largest absolute Gasteiger partial charge is 0.454 e. The number of aliphatic hydroxyl groups is 1. The van der Waals surface area contributed by atoms with E-state index in [9.17, 15) is 14.7 Å². The van der Waals surface area contributed by atoms with Gasteiger partial charge in [0.15, 0.2) is 5.75 Å². The molecular formula is C36H36N2O5. The average molecular weight is 577 g/mol. The van der Waals surface area contributed by atoms with E-state index in [1.165, 1.54) is 0 Å². The molecule has 2 amide bonds. The fourth-order valence-corrected chi connectivity index (χ4v) is 5.36. The zero-order valence-electron chi connectivity index (χ0n) is 24.4. The van der Waals surface area contributed by atoms with E-state index < -0.39 is 0 Å². The molecule has 220 valence electrons. The first-order valence-electron chi connectivity index (χ1n) is 14.4. The third kappa shape index (κ3) is 6.85. The number of nitrogens with zero attached hydrogens (tertiary/aromatic N) is 2. The van der Waals surface area contributed by atoms with E-state index in [2.05, 4.69) is 0 Å². The summed E-state index contributed by atoms with van der Waals surface area (Å²) < 4.78 is 12.0. The summed E-state index contributed by atoms with van der Waals surface area (Å²) in [5.41, 5.74) is 3.85. The highest BCUT2D eigenvalue weighted by molar-refractivity contribution is 6.14. The lowest BCUT2D eigenvalue weighted by molar-refractivity contribution is -0.131. The number of carbonyl (C=O) groups is 2. The average Bonchev–Trinajstić information content (AvgIpc) is 3.16. The van der Waals surface area contributed by atoms with Crippen LogP contribution in [-0.4, -0.2) is 42.1 Å². The van der Waals surface area contributed by atoms with E-state index in [-0.39, 0.29) is 43.4 Å². The molecule has 0 spiro atoms. The second-order valence-corrected chi connectivity index (χ2v) is 10.5. The Morgan fingerprint density at radius 3 is 2.33 bits per heavy atom. The van der Waals surface area contributed by atoms with Crippen molar-refractivity contribution in [2.45, 2.75) is 26.0 Å². The summed E-state index contributed by atoms with van der Waals surface area (Å²) in [6.45, 7) is 2.69. The Balaban J connectivity index is 1.30. The first-order chi connectivity index (χ1) is 21.0. The van der Waals surface area contributed by atoms with Gasteiger partial charge in [-0.3, -0.25) is 14.5 Å². The van der Waals surface area contributed by atoms with Gasteiger partial charge in [-0.25, -0.2) is 0 Å². The molecule has 1 heterocycles. The molecule has 1 aliphatic rings. The summed E-state index contributed by atoms with van der Waals surface area (Å²) in [7, 11) is 1.67. The van der Waals surface area contributed by atoms with Crippen LogP contribution >= 0.6 is 0 Å². The number of ether oxygens (including phenoxy) is 2. The summed E-state index contributed by atoms with van der Waals surface area (Å²) in [6.07, 6.45) is 3.83. The normalized spacial score (nSPS) is 13.9. The number of rotatable bonds is 11. The molecule has 0 bridgehead atoms. The highest BCUT2D eigenvalue weighted by Crippen LogP contribution is 2.42. The van der Waals surface area contributed by atoms with E-state index in [1.807, 2.05) is 110 Å². The Bertz CT molecular complexity index is 1570. The number of hydrogen-bond donors (Lipinski definition) is 1.